The molecule has 0 saturated heterocycles. The molecule has 0 aliphatic rings. The molecular formula is C54H30F3N7. The molecule has 0 fully saturated rings. The van der Waals surface area contributed by atoms with Gasteiger partial charge in [-0.25, -0.2) is 19.8 Å². The third-order valence-electron chi connectivity index (χ3n) is 11.6. The van der Waals surface area contributed by atoms with Crippen LogP contribution in [0.5, 0.6) is 0 Å². The van der Waals surface area contributed by atoms with Crippen molar-refractivity contribution in [3.05, 3.63) is 205 Å². The standard InChI is InChI=1S/C54H30F3N7/c1-59-38-23-27-48-44(31-38)40-17-9-11-19-46(40)63(48)49-29-36(53-61-51(34-12-4-2-5-13-34)60-52(62-53)35-14-6-3-7-15-35)21-24-41(49)42-25-22-37(54(55,56)57)30-50(42)64-45-18-10-8-16-39(45)43-28-33(32-58)20-26-47(43)64/h2-31H. The van der Waals surface area contributed by atoms with Crippen molar-refractivity contribution in [3.63, 3.8) is 0 Å². The normalized spacial score (nSPS) is 11.6. The predicted octanol–water partition coefficient (Wildman–Crippen LogP) is 14.2. The lowest BCUT2D eigenvalue weighted by Crippen LogP contribution is -2.08. The molecule has 11 rings (SSSR count). The summed E-state index contributed by atoms with van der Waals surface area (Å²) in [5.74, 6) is 1.36. The first-order valence-electron chi connectivity index (χ1n) is 20.3. The van der Waals surface area contributed by atoms with Crippen LogP contribution in [0, 0.1) is 17.9 Å². The maximum Gasteiger partial charge on any atom is 0.416 e. The molecule has 7 nitrogen and oxygen atoms in total. The van der Waals surface area contributed by atoms with E-state index < -0.39 is 11.7 Å². The number of alkyl halides is 3. The third-order valence-corrected chi connectivity index (χ3v) is 11.6. The maximum atomic E-state index is 14.8. The van der Waals surface area contributed by atoms with Crippen molar-refractivity contribution < 1.29 is 13.2 Å². The van der Waals surface area contributed by atoms with Crippen molar-refractivity contribution >= 4 is 49.3 Å². The number of para-hydroxylation sites is 2. The summed E-state index contributed by atoms with van der Waals surface area (Å²) in [5.41, 5.74) is 7.43. The minimum Gasteiger partial charge on any atom is -0.309 e. The number of hydrogen-bond donors (Lipinski definition) is 0. The van der Waals surface area contributed by atoms with Gasteiger partial charge in [-0.15, -0.1) is 0 Å². The number of aromatic nitrogens is 5. The zero-order valence-electron chi connectivity index (χ0n) is 33.6. The summed E-state index contributed by atoms with van der Waals surface area (Å²) in [7, 11) is 0. The van der Waals surface area contributed by atoms with Crippen molar-refractivity contribution in [2.75, 3.05) is 0 Å². The van der Waals surface area contributed by atoms with E-state index in [2.05, 4.69) is 15.5 Å². The summed E-state index contributed by atoms with van der Waals surface area (Å²) in [4.78, 5) is 18.7. The lowest BCUT2D eigenvalue weighted by molar-refractivity contribution is -0.137. The van der Waals surface area contributed by atoms with E-state index in [9.17, 15) is 18.4 Å². The summed E-state index contributed by atoms with van der Waals surface area (Å²) in [6.45, 7) is 7.82. The second-order valence-corrected chi connectivity index (χ2v) is 15.4. The highest BCUT2D eigenvalue weighted by Crippen LogP contribution is 2.44. The number of nitriles is 1. The first-order valence-corrected chi connectivity index (χ1v) is 20.3. The van der Waals surface area contributed by atoms with Crippen LogP contribution in [0.3, 0.4) is 0 Å². The number of benzene rings is 8. The molecule has 0 radical (unpaired) electrons. The molecule has 302 valence electrons. The van der Waals surface area contributed by atoms with Gasteiger partial charge in [0.2, 0.25) is 0 Å². The van der Waals surface area contributed by atoms with E-state index in [1.807, 2.05) is 144 Å². The molecule has 0 atom stereocenters. The van der Waals surface area contributed by atoms with Crippen LogP contribution in [0.4, 0.5) is 18.9 Å². The third kappa shape index (κ3) is 6.32. The first-order chi connectivity index (χ1) is 31.3. The molecule has 0 amide bonds. The van der Waals surface area contributed by atoms with Gasteiger partial charge < -0.3 is 9.13 Å². The predicted molar refractivity (Wildman–Crippen MR) is 246 cm³/mol. The van der Waals surface area contributed by atoms with E-state index in [-0.39, 0.29) is 0 Å². The highest BCUT2D eigenvalue weighted by Gasteiger charge is 2.32. The van der Waals surface area contributed by atoms with Crippen molar-refractivity contribution in [2.24, 2.45) is 0 Å². The fourth-order valence-corrected chi connectivity index (χ4v) is 8.73. The zero-order chi connectivity index (χ0) is 43.5. The second kappa shape index (κ2) is 14.9. The van der Waals surface area contributed by atoms with E-state index in [0.717, 1.165) is 49.8 Å². The SMILES string of the molecule is [C-]#[N+]c1ccc2c(c1)c1ccccc1n2-c1cc(-c2nc(-c3ccccc3)nc(-c3ccccc3)n2)ccc1-c1ccc(C(F)(F)F)cc1-n1c2ccccc2c2cc(C#N)ccc21. The Bertz CT molecular complexity index is 3690. The van der Waals surface area contributed by atoms with E-state index in [0.29, 0.717) is 67.8 Å². The Morgan fingerprint density at radius 2 is 0.953 bits per heavy atom. The molecule has 10 heteroatoms. The largest absolute Gasteiger partial charge is 0.416 e. The van der Waals surface area contributed by atoms with Crippen LogP contribution < -0.4 is 0 Å². The molecule has 11 aromatic rings. The Hall–Kier alpha value is -8.86. The molecule has 0 N–H and O–H groups in total. The van der Waals surface area contributed by atoms with Crippen molar-refractivity contribution in [3.8, 4) is 62.7 Å². The Balaban J connectivity index is 1.25. The van der Waals surface area contributed by atoms with E-state index in [1.54, 1.807) is 24.3 Å². The summed E-state index contributed by atoms with van der Waals surface area (Å²) in [6, 6.07) is 57.5. The van der Waals surface area contributed by atoms with Crippen LogP contribution >= 0.6 is 0 Å². The molecule has 3 aromatic heterocycles. The number of nitrogens with zero attached hydrogens (tertiary/aromatic N) is 7. The van der Waals surface area contributed by atoms with Gasteiger partial charge in [0.25, 0.3) is 0 Å². The Kier molecular flexibility index (Phi) is 8.89. The minimum absolute atomic E-state index is 0.300. The van der Waals surface area contributed by atoms with Crippen LogP contribution in [0.2, 0.25) is 0 Å². The lowest BCUT2D eigenvalue weighted by Gasteiger charge is -2.21. The Morgan fingerprint density at radius 1 is 0.469 bits per heavy atom. The maximum absolute atomic E-state index is 14.8. The molecule has 0 unspecified atom stereocenters. The van der Waals surface area contributed by atoms with Crippen molar-refractivity contribution in [2.45, 2.75) is 6.18 Å². The smallest absolute Gasteiger partial charge is 0.309 e. The van der Waals surface area contributed by atoms with Crippen LogP contribution in [-0.4, -0.2) is 24.1 Å². The van der Waals surface area contributed by atoms with E-state index >= 15 is 0 Å². The Labute approximate surface area is 364 Å². The van der Waals surface area contributed by atoms with Crippen LogP contribution in [0.1, 0.15) is 11.1 Å². The van der Waals surface area contributed by atoms with Crippen molar-refractivity contribution in [1.29, 1.82) is 5.26 Å². The highest BCUT2D eigenvalue weighted by atomic mass is 19.4. The average molecular weight is 834 g/mol. The quantitative estimate of drug-likeness (QED) is 0.156. The molecule has 0 bridgehead atoms. The summed E-state index contributed by atoms with van der Waals surface area (Å²) < 4.78 is 48.5. The van der Waals surface area contributed by atoms with Gasteiger partial charge in [-0.3, -0.25) is 0 Å². The summed E-state index contributed by atoms with van der Waals surface area (Å²) in [5, 5.41) is 13.1. The number of hydrogen-bond acceptors (Lipinski definition) is 4. The molecule has 8 aromatic carbocycles. The topological polar surface area (TPSA) is 76.7 Å². The van der Waals surface area contributed by atoms with Gasteiger partial charge in [0, 0.05) is 44.0 Å². The van der Waals surface area contributed by atoms with Crippen LogP contribution in [0.25, 0.3) is 105 Å². The minimum atomic E-state index is -4.65. The number of fused-ring (bicyclic) bond motifs is 6. The fraction of sp³-hybridized carbons (Fsp3) is 0.0185. The van der Waals surface area contributed by atoms with Gasteiger partial charge in [-0.1, -0.05) is 121 Å². The molecule has 0 saturated carbocycles. The van der Waals surface area contributed by atoms with Gasteiger partial charge in [0.05, 0.1) is 57.2 Å². The van der Waals surface area contributed by atoms with Gasteiger partial charge in [-0.2, -0.15) is 18.4 Å². The van der Waals surface area contributed by atoms with Gasteiger partial charge >= 0.3 is 6.18 Å². The molecule has 3 heterocycles. The zero-order valence-corrected chi connectivity index (χ0v) is 33.6. The van der Waals surface area contributed by atoms with E-state index in [1.165, 1.54) is 12.1 Å². The molecule has 0 aliphatic heterocycles. The van der Waals surface area contributed by atoms with Crippen LogP contribution in [0.15, 0.2) is 182 Å². The summed E-state index contributed by atoms with van der Waals surface area (Å²) >= 11 is 0. The molecule has 64 heavy (non-hydrogen) atoms. The highest BCUT2D eigenvalue weighted by molar-refractivity contribution is 6.12. The number of rotatable bonds is 6. The van der Waals surface area contributed by atoms with E-state index in [4.69, 9.17) is 21.5 Å². The summed E-state index contributed by atoms with van der Waals surface area (Å²) in [6.07, 6.45) is -4.65. The van der Waals surface area contributed by atoms with Gasteiger partial charge in [0.1, 0.15) is 0 Å². The second-order valence-electron chi connectivity index (χ2n) is 15.4. The number of halogens is 3. The molecular weight excluding hydrogens is 804 g/mol. The molecule has 0 aliphatic carbocycles. The Morgan fingerprint density at radius 3 is 1.52 bits per heavy atom. The lowest BCUT2D eigenvalue weighted by atomic mass is 9.97. The van der Waals surface area contributed by atoms with Gasteiger partial charge in [0.15, 0.2) is 23.2 Å². The van der Waals surface area contributed by atoms with Crippen molar-refractivity contribution in [1.82, 2.24) is 24.1 Å². The molecule has 0 spiro atoms. The van der Waals surface area contributed by atoms with Crippen LogP contribution in [-0.2, 0) is 6.18 Å². The average Bonchev–Trinajstić information content (AvgIpc) is 3.85. The fourth-order valence-electron chi connectivity index (χ4n) is 8.73. The van der Waals surface area contributed by atoms with Gasteiger partial charge in [-0.05, 0) is 66.0 Å². The monoisotopic (exact) mass is 833 g/mol. The first kappa shape index (κ1) is 38.1.